The second-order valence-electron chi connectivity index (χ2n) is 6.33. The van der Waals surface area contributed by atoms with Crippen LogP contribution in [0.15, 0.2) is 42.1 Å². The maximum atomic E-state index is 15.2. The van der Waals surface area contributed by atoms with Crippen LogP contribution in [0, 0.1) is 0 Å². The fourth-order valence-corrected chi connectivity index (χ4v) is 4.35. The maximum absolute atomic E-state index is 15.2. The zero-order valence-corrected chi connectivity index (χ0v) is 15.1. The molecule has 1 atom stereocenters. The van der Waals surface area contributed by atoms with Crippen molar-refractivity contribution >= 4 is 15.9 Å². The third kappa shape index (κ3) is 3.75. The molecule has 2 aromatic heterocycles. The SMILES string of the molecule is Cn1cnc(S(=O)(=O)N2CCCC(F)(C(=O)NCc3cccnc3)C2)c1. The molecule has 1 N–H and O–H groups in total. The average molecular weight is 381 g/mol. The van der Waals surface area contributed by atoms with Gasteiger partial charge in [0.15, 0.2) is 5.03 Å². The van der Waals surface area contributed by atoms with Crippen LogP contribution in [0.5, 0.6) is 0 Å². The second-order valence-corrected chi connectivity index (χ2v) is 8.21. The largest absolute Gasteiger partial charge is 0.349 e. The molecule has 8 nitrogen and oxygen atoms in total. The minimum Gasteiger partial charge on any atom is -0.349 e. The number of alkyl halides is 1. The molecule has 3 rings (SSSR count). The van der Waals surface area contributed by atoms with E-state index < -0.39 is 28.1 Å². The van der Waals surface area contributed by atoms with E-state index in [-0.39, 0.29) is 31.0 Å². The van der Waals surface area contributed by atoms with Crippen LogP contribution in [-0.4, -0.2) is 51.9 Å². The predicted molar refractivity (Wildman–Crippen MR) is 91.1 cm³/mol. The smallest absolute Gasteiger partial charge is 0.262 e. The molecule has 0 spiro atoms. The molecule has 2 aromatic rings. The van der Waals surface area contributed by atoms with Gasteiger partial charge in [0.25, 0.3) is 15.9 Å². The minimum absolute atomic E-state index is 0.0277. The molecule has 0 aliphatic carbocycles. The number of amides is 1. The van der Waals surface area contributed by atoms with Crippen molar-refractivity contribution in [1.82, 2.24) is 24.2 Å². The van der Waals surface area contributed by atoms with Crippen molar-refractivity contribution in [2.45, 2.75) is 30.1 Å². The number of pyridine rings is 1. The van der Waals surface area contributed by atoms with Crippen LogP contribution in [0.1, 0.15) is 18.4 Å². The van der Waals surface area contributed by atoms with Crippen molar-refractivity contribution in [3.05, 3.63) is 42.6 Å². The number of halogens is 1. The van der Waals surface area contributed by atoms with Gasteiger partial charge in [-0.3, -0.25) is 9.78 Å². The van der Waals surface area contributed by atoms with Crippen molar-refractivity contribution < 1.29 is 17.6 Å². The van der Waals surface area contributed by atoms with Crippen LogP contribution in [0.4, 0.5) is 4.39 Å². The third-order valence-electron chi connectivity index (χ3n) is 4.28. The first kappa shape index (κ1) is 18.5. The summed E-state index contributed by atoms with van der Waals surface area (Å²) in [7, 11) is -2.30. The van der Waals surface area contributed by atoms with Gasteiger partial charge in [-0.15, -0.1) is 0 Å². The van der Waals surface area contributed by atoms with Crippen LogP contribution in [0.3, 0.4) is 0 Å². The van der Waals surface area contributed by atoms with Crippen molar-refractivity contribution in [3.8, 4) is 0 Å². The van der Waals surface area contributed by atoms with Crippen LogP contribution >= 0.6 is 0 Å². The lowest BCUT2D eigenvalue weighted by Crippen LogP contribution is -2.55. The Bertz CT molecular complexity index is 886. The molecule has 1 aliphatic heterocycles. The highest BCUT2D eigenvalue weighted by Crippen LogP contribution is 2.29. The molecule has 140 valence electrons. The Labute approximate surface area is 151 Å². The fourth-order valence-electron chi connectivity index (χ4n) is 2.86. The molecule has 0 bridgehead atoms. The van der Waals surface area contributed by atoms with Gasteiger partial charge in [0, 0.05) is 38.7 Å². The molecule has 1 fully saturated rings. The topological polar surface area (TPSA) is 97.2 Å². The van der Waals surface area contributed by atoms with E-state index in [1.54, 1.807) is 31.6 Å². The summed E-state index contributed by atoms with van der Waals surface area (Å²) in [5.41, 5.74) is -1.54. The maximum Gasteiger partial charge on any atom is 0.262 e. The first-order valence-electron chi connectivity index (χ1n) is 8.15. The normalized spacial score (nSPS) is 21.5. The standard InChI is InChI=1S/C16H20FN5O3S/c1-21-10-14(20-12-21)26(24,25)22-7-3-5-16(17,11-22)15(23)19-9-13-4-2-6-18-8-13/h2,4,6,8,10,12H,3,5,7,9,11H2,1H3,(H,19,23). The summed E-state index contributed by atoms with van der Waals surface area (Å²) < 4.78 is 43.0. The summed E-state index contributed by atoms with van der Waals surface area (Å²) in [5.74, 6) is -0.817. The van der Waals surface area contributed by atoms with Crippen molar-refractivity contribution in [2.75, 3.05) is 13.1 Å². The van der Waals surface area contributed by atoms with E-state index in [0.717, 1.165) is 9.87 Å². The van der Waals surface area contributed by atoms with Gasteiger partial charge in [0.1, 0.15) is 0 Å². The molecule has 1 saturated heterocycles. The molecule has 0 saturated carbocycles. The number of hydrogen-bond donors (Lipinski definition) is 1. The van der Waals surface area contributed by atoms with Gasteiger partial charge in [-0.1, -0.05) is 6.07 Å². The van der Waals surface area contributed by atoms with Crippen LogP contribution in [-0.2, 0) is 28.4 Å². The molecular formula is C16H20FN5O3S. The van der Waals surface area contributed by atoms with Gasteiger partial charge >= 0.3 is 0 Å². The molecule has 3 heterocycles. The Morgan fingerprint density at radius 2 is 2.27 bits per heavy atom. The first-order valence-corrected chi connectivity index (χ1v) is 9.59. The number of aryl methyl sites for hydroxylation is 1. The van der Waals surface area contributed by atoms with Gasteiger partial charge in [0.05, 0.1) is 12.9 Å². The van der Waals surface area contributed by atoms with Gasteiger partial charge in [-0.25, -0.2) is 17.8 Å². The molecule has 1 aliphatic rings. The fraction of sp³-hybridized carbons (Fsp3) is 0.438. The Morgan fingerprint density at radius 3 is 2.92 bits per heavy atom. The Morgan fingerprint density at radius 1 is 1.46 bits per heavy atom. The lowest BCUT2D eigenvalue weighted by atomic mass is 9.95. The number of piperidine rings is 1. The van der Waals surface area contributed by atoms with Crippen molar-refractivity contribution in [2.24, 2.45) is 7.05 Å². The summed E-state index contributed by atoms with van der Waals surface area (Å²) in [4.78, 5) is 20.1. The summed E-state index contributed by atoms with van der Waals surface area (Å²) in [6.45, 7) is -0.240. The van der Waals surface area contributed by atoms with E-state index >= 15 is 4.39 Å². The Kier molecular flexibility index (Phi) is 5.05. The summed E-state index contributed by atoms with van der Waals surface area (Å²) >= 11 is 0. The van der Waals surface area contributed by atoms with Crippen LogP contribution in [0.25, 0.3) is 0 Å². The molecule has 26 heavy (non-hydrogen) atoms. The number of nitrogens with zero attached hydrogens (tertiary/aromatic N) is 4. The van der Waals surface area contributed by atoms with Gasteiger partial charge in [-0.2, -0.15) is 4.31 Å². The molecule has 1 unspecified atom stereocenters. The van der Waals surface area contributed by atoms with Crippen LogP contribution < -0.4 is 5.32 Å². The van der Waals surface area contributed by atoms with Crippen molar-refractivity contribution in [1.29, 1.82) is 0 Å². The summed E-state index contributed by atoms with van der Waals surface area (Å²) in [6, 6.07) is 3.48. The molecule has 10 heteroatoms. The third-order valence-corrected chi connectivity index (χ3v) is 6.01. The number of carbonyl (C=O) groups excluding carboxylic acids is 1. The number of aromatic nitrogens is 3. The van der Waals surface area contributed by atoms with Gasteiger partial charge in [-0.05, 0) is 24.5 Å². The monoisotopic (exact) mass is 381 g/mol. The van der Waals surface area contributed by atoms with E-state index in [1.807, 2.05) is 0 Å². The van der Waals surface area contributed by atoms with E-state index in [9.17, 15) is 13.2 Å². The molecular weight excluding hydrogens is 361 g/mol. The average Bonchev–Trinajstić information content (AvgIpc) is 3.08. The van der Waals surface area contributed by atoms with E-state index in [4.69, 9.17) is 0 Å². The number of imidazole rings is 1. The Hall–Kier alpha value is -2.33. The zero-order chi connectivity index (χ0) is 18.8. The van der Waals surface area contributed by atoms with E-state index in [2.05, 4.69) is 15.3 Å². The number of hydrogen-bond acceptors (Lipinski definition) is 5. The molecule has 0 aromatic carbocycles. The minimum atomic E-state index is -3.94. The van der Waals surface area contributed by atoms with E-state index in [0.29, 0.717) is 0 Å². The van der Waals surface area contributed by atoms with Crippen molar-refractivity contribution in [3.63, 3.8) is 0 Å². The lowest BCUT2D eigenvalue weighted by Gasteiger charge is -2.35. The van der Waals surface area contributed by atoms with E-state index in [1.165, 1.54) is 17.1 Å². The Balaban J connectivity index is 1.71. The highest BCUT2D eigenvalue weighted by molar-refractivity contribution is 7.89. The quantitative estimate of drug-likeness (QED) is 0.819. The first-order chi connectivity index (χ1) is 12.3. The predicted octanol–water partition coefficient (Wildman–Crippen LogP) is 0.624. The van der Waals surface area contributed by atoms with Gasteiger partial charge < -0.3 is 9.88 Å². The highest BCUT2D eigenvalue weighted by atomic mass is 32.2. The number of carbonyl (C=O) groups is 1. The second kappa shape index (κ2) is 7.12. The molecule has 1 amide bonds. The number of rotatable bonds is 5. The highest BCUT2D eigenvalue weighted by Gasteiger charge is 2.46. The van der Waals surface area contributed by atoms with Crippen LogP contribution in [0.2, 0.25) is 0 Å². The summed E-state index contributed by atoms with van der Waals surface area (Å²) in [6.07, 6.45) is 6.11. The van der Waals surface area contributed by atoms with Gasteiger partial charge in [0.2, 0.25) is 5.67 Å². The zero-order valence-electron chi connectivity index (χ0n) is 14.3. The number of nitrogens with one attached hydrogen (secondary N) is 1. The number of sulfonamides is 1. The molecule has 0 radical (unpaired) electrons. The summed E-state index contributed by atoms with van der Waals surface area (Å²) in [5, 5.41) is 2.38. The lowest BCUT2D eigenvalue weighted by molar-refractivity contribution is -0.135.